The standard InChI is InChI=1S/C23H23N3O2S/c1-2-18-13-21(28)26-19(15-29-23(26)24-18)14-20(27)25-22(16-9-5-3-6-10-16)17-11-7-4-8-12-17/h3-13,19,22H,2,14-15H2,1H3,(H,25,27). The van der Waals surface area contributed by atoms with Crippen LogP contribution in [-0.2, 0) is 11.2 Å². The number of hydrogen-bond donors (Lipinski definition) is 1. The Bertz CT molecular complexity index is 1010. The number of fused-ring (bicyclic) bond motifs is 1. The fourth-order valence-electron chi connectivity index (χ4n) is 3.61. The van der Waals surface area contributed by atoms with Crippen LogP contribution in [-0.4, -0.2) is 21.2 Å². The van der Waals surface area contributed by atoms with Crippen LogP contribution in [0.4, 0.5) is 0 Å². The Morgan fingerprint density at radius 1 is 1.14 bits per heavy atom. The first-order valence-corrected chi connectivity index (χ1v) is 10.8. The Morgan fingerprint density at radius 2 is 1.76 bits per heavy atom. The van der Waals surface area contributed by atoms with Crippen molar-refractivity contribution in [3.8, 4) is 0 Å². The van der Waals surface area contributed by atoms with Gasteiger partial charge in [-0.05, 0) is 17.5 Å². The molecule has 1 aromatic heterocycles. The second kappa shape index (κ2) is 8.66. The van der Waals surface area contributed by atoms with Gasteiger partial charge >= 0.3 is 0 Å². The zero-order chi connectivity index (χ0) is 20.2. The van der Waals surface area contributed by atoms with Crippen molar-refractivity contribution in [3.05, 3.63) is 93.9 Å². The van der Waals surface area contributed by atoms with Gasteiger partial charge in [-0.15, -0.1) is 0 Å². The number of hydrogen-bond acceptors (Lipinski definition) is 4. The van der Waals surface area contributed by atoms with E-state index in [0.717, 1.165) is 28.4 Å². The van der Waals surface area contributed by atoms with Crippen molar-refractivity contribution in [3.63, 3.8) is 0 Å². The number of aryl methyl sites for hydroxylation is 1. The van der Waals surface area contributed by atoms with E-state index < -0.39 is 0 Å². The predicted molar refractivity (Wildman–Crippen MR) is 115 cm³/mol. The average molecular weight is 406 g/mol. The molecular formula is C23H23N3O2S. The van der Waals surface area contributed by atoms with Crippen LogP contribution in [0.15, 0.2) is 76.7 Å². The summed E-state index contributed by atoms with van der Waals surface area (Å²) in [6.45, 7) is 1.98. The van der Waals surface area contributed by atoms with E-state index in [1.165, 1.54) is 0 Å². The number of benzene rings is 2. The summed E-state index contributed by atoms with van der Waals surface area (Å²) in [7, 11) is 0. The second-order valence-electron chi connectivity index (χ2n) is 7.08. The first-order chi connectivity index (χ1) is 14.2. The molecule has 0 aliphatic carbocycles. The highest BCUT2D eigenvalue weighted by Gasteiger charge is 2.28. The van der Waals surface area contributed by atoms with Crippen molar-refractivity contribution in [2.24, 2.45) is 0 Å². The topological polar surface area (TPSA) is 64.0 Å². The molecule has 1 aliphatic rings. The molecule has 1 unspecified atom stereocenters. The molecule has 6 heteroatoms. The summed E-state index contributed by atoms with van der Waals surface area (Å²) in [5.74, 6) is 0.608. The normalized spacial score (nSPS) is 15.3. The van der Waals surface area contributed by atoms with E-state index in [4.69, 9.17) is 0 Å². The van der Waals surface area contributed by atoms with Gasteiger partial charge in [0, 0.05) is 23.9 Å². The van der Waals surface area contributed by atoms with E-state index in [9.17, 15) is 9.59 Å². The molecule has 0 spiro atoms. The molecule has 5 nitrogen and oxygen atoms in total. The van der Waals surface area contributed by atoms with Gasteiger partial charge in [0.05, 0.1) is 12.1 Å². The molecule has 148 valence electrons. The highest BCUT2D eigenvalue weighted by molar-refractivity contribution is 7.99. The van der Waals surface area contributed by atoms with Crippen LogP contribution < -0.4 is 10.9 Å². The molecule has 0 saturated heterocycles. The van der Waals surface area contributed by atoms with Gasteiger partial charge in [-0.3, -0.25) is 14.2 Å². The minimum absolute atomic E-state index is 0.0719. The number of carbonyl (C=O) groups excluding carboxylic acids is 1. The summed E-state index contributed by atoms with van der Waals surface area (Å²) < 4.78 is 1.67. The van der Waals surface area contributed by atoms with Gasteiger partial charge in [0.15, 0.2) is 5.16 Å². The van der Waals surface area contributed by atoms with Gasteiger partial charge < -0.3 is 5.32 Å². The highest BCUT2D eigenvalue weighted by atomic mass is 32.2. The Balaban J connectivity index is 1.54. The lowest BCUT2D eigenvalue weighted by Crippen LogP contribution is -2.33. The summed E-state index contributed by atoms with van der Waals surface area (Å²) >= 11 is 1.55. The largest absolute Gasteiger partial charge is 0.345 e. The fraction of sp³-hybridized carbons (Fsp3) is 0.261. The summed E-state index contributed by atoms with van der Waals surface area (Å²) in [5.41, 5.74) is 2.78. The van der Waals surface area contributed by atoms with Crippen molar-refractivity contribution in [1.82, 2.24) is 14.9 Å². The predicted octanol–water partition coefficient (Wildman–Crippen LogP) is 3.75. The van der Waals surface area contributed by atoms with Crippen LogP contribution in [0.2, 0.25) is 0 Å². The van der Waals surface area contributed by atoms with E-state index >= 15 is 0 Å². The van der Waals surface area contributed by atoms with Crippen LogP contribution in [0.25, 0.3) is 0 Å². The summed E-state index contributed by atoms with van der Waals surface area (Å²) in [5, 5.41) is 3.88. The number of amides is 1. The lowest BCUT2D eigenvalue weighted by molar-refractivity contribution is -0.122. The van der Waals surface area contributed by atoms with Crippen LogP contribution in [0.5, 0.6) is 0 Å². The Morgan fingerprint density at radius 3 is 2.34 bits per heavy atom. The molecule has 1 aliphatic heterocycles. The first kappa shape index (κ1) is 19.5. The van der Waals surface area contributed by atoms with Crippen molar-refractivity contribution in [2.45, 2.75) is 37.0 Å². The lowest BCUT2D eigenvalue weighted by Gasteiger charge is -2.21. The summed E-state index contributed by atoms with van der Waals surface area (Å²) in [6, 6.07) is 21.0. The number of thioether (sulfide) groups is 1. The second-order valence-corrected chi connectivity index (χ2v) is 8.07. The molecule has 2 heterocycles. The van der Waals surface area contributed by atoms with Gasteiger partial charge in [0.25, 0.3) is 5.56 Å². The molecule has 29 heavy (non-hydrogen) atoms. The molecule has 1 atom stereocenters. The van der Waals surface area contributed by atoms with Crippen LogP contribution in [0.3, 0.4) is 0 Å². The van der Waals surface area contributed by atoms with E-state index in [2.05, 4.69) is 10.3 Å². The van der Waals surface area contributed by atoms with Gasteiger partial charge in [-0.25, -0.2) is 4.98 Å². The molecule has 3 aromatic rings. The van der Waals surface area contributed by atoms with Gasteiger partial charge in [0.2, 0.25) is 5.91 Å². The van der Waals surface area contributed by atoms with Crippen molar-refractivity contribution >= 4 is 17.7 Å². The number of rotatable bonds is 6. The fourth-order valence-corrected chi connectivity index (χ4v) is 4.78. The maximum Gasteiger partial charge on any atom is 0.254 e. The zero-order valence-electron chi connectivity index (χ0n) is 16.2. The summed E-state index contributed by atoms with van der Waals surface area (Å²) in [4.78, 5) is 30.0. The minimum atomic E-state index is -0.226. The Hall–Kier alpha value is -2.86. The van der Waals surface area contributed by atoms with E-state index in [1.54, 1.807) is 22.4 Å². The number of nitrogens with one attached hydrogen (secondary N) is 1. The number of aromatic nitrogens is 2. The Kier molecular flexibility index (Phi) is 5.81. The van der Waals surface area contributed by atoms with Gasteiger partial charge in [0.1, 0.15) is 0 Å². The first-order valence-electron chi connectivity index (χ1n) is 9.80. The van der Waals surface area contributed by atoms with Crippen molar-refractivity contribution < 1.29 is 4.79 Å². The van der Waals surface area contributed by atoms with Crippen LogP contribution in [0.1, 0.15) is 42.2 Å². The smallest absolute Gasteiger partial charge is 0.254 e. The molecule has 0 bridgehead atoms. The quantitative estimate of drug-likeness (QED) is 0.635. The van der Waals surface area contributed by atoms with E-state index in [0.29, 0.717) is 5.75 Å². The molecular weight excluding hydrogens is 382 g/mol. The molecule has 1 N–H and O–H groups in total. The third-order valence-electron chi connectivity index (χ3n) is 5.10. The van der Waals surface area contributed by atoms with Crippen molar-refractivity contribution in [1.29, 1.82) is 0 Å². The monoisotopic (exact) mass is 405 g/mol. The lowest BCUT2D eigenvalue weighted by atomic mass is 9.98. The van der Waals surface area contributed by atoms with Gasteiger partial charge in [-0.1, -0.05) is 79.3 Å². The molecule has 0 saturated carbocycles. The number of carbonyl (C=O) groups is 1. The molecule has 1 amide bonds. The molecule has 4 rings (SSSR count). The SMILES string of the molecule is CCc1cc(=O)n2c(n1)SCC2CC(=O)NC(c1ccccc1)c1ccccc1. The number of nitrogens with zero attached hydrogens (tertiary/aromatic N) is 2. The highest BCUT2D eigenvalue weighted by Crippen LogP contribution is 2.32. The van der Waals surface area contributed by atoms with Crippen molar-refractivity contribution in [2.75, 3.05) is 5.75 Å². The molecule has 0 radical (unpaired) electrons. The summed E-state index contributed by atoms with van der Waals surface area (Å²) in [6.07, 6.45) is 0.980. The van der Waals surface area contributed by atoms with E-state index in [-0.39, 0.29) is 30.0 Å². The Labute approximate surface area is 174 Å². The van der Waals surface area contributed by atoms with Gasteiger partial charge in [-0.2, -0.15) is 0 Å². The average Bonchev–Trinajstić information content (AvgIpc) is 3.16. The minimum Gasteiger partial charge on any atom is -0.345 e. The molecule has 2 aromatic carbocycles. The maximum atomic E-state index is 12.9. The third kappa shape index (κ3) is 4.27. The third-order valence-corrected chi connectivity index (χ3v) is 6.19. The zero-order valence-corrected chi connectivity index (χ0v) is 17.1. The maximum absolute atomic E-state index is 12.9. The van der Waals surface area contributed by atoms with Crippen LogP contribution in [0, 0.1) is 0 Å². The van der Waals surface area contributed by atoms with Crippen LogP contribution >= 0.6 is 11.8 Å². The molecule has 0 fully saturated rings. The van der Waals surface area contributed by atoms with E-state index in [1.807, 2.05) is 67.6 Å².